The zero-order valence-electron chi connectivity index (χ0n) is 6.77. The molecule has 2 N–H and O–H groups in total. The van der Waals surface area contributed by atoms with Crippen LogP contribution >= 0.6 is 11.6 Å². The van der Waals surface area contributed by atoms with Crippen molar-refractivity contribution in [1.82, 2.24) is 0 Å². The summed E-state index contributed by atoms with van der Waals surface area (Å²) >= 11 is 5.62. The van der Waals surface area contributed by atoms with Crippen molar-refractivity contribution >= 4 is 17.4 Å². The van der Waals surface area contributed by atoms with Gasteiger partial charge in [-0.15, -0.1) is 11.6 Å². The van der Waals surface area contributed by atoms with Crippen LogP contribution < -0.4 is 5.73 Å². The lowest BCUT2D eigenvalue weighted by Gasteiger charge is -2.25. The van der Waals surface area contributed by atoms with E-state index in [-0.39, 0.29) is 5.84 Å². The standard InChI is InChI=1S/C7H8ClF3N2/c1-3-4(7(9,10)11)2-13-6(12)5(3)8/h2-3,5H,1H3,(H2,12,13). The van der Waals surface area contributed by atoms with Gasteiger partial charge in [0.05, 0.1) is 11.0 Å². The van der Waals surface area contributed by atoms with E-state index in [1.54, 1.807) is 0 Å². The Kier molecular flexibility index (Phi) is 2.56. The summed E-state index contributed by atoms with van der Waals surface area (Å²) in [5.74, 6) is -0.818. The molecule has 0 fully saturated rings. The minimum absolute atomic E-state index is 0.0298. The number of halogens is 4. The van der Waals surface area contributed by atoms with Crippen molar-refractivity contribution in [3.8, 4) is 0 Å². The molecule has 0 saturated heterocycles. The molecule has 0 saturated carbocycles. The average molecular weight is 213 g/mol. The molecule has 0 aliphatic carbocycles. The quantitative estimate of drug-likeness (QED) is 0.613. The van der Waals surface area contributed by atoms with Gasteiger partial charge < -0.3 is 5.73 Å². The zero-order chi connectivity index (χ0) is 10.2. The summed E-state index contributed by atoms with van der Waals surface area (Å²) < 4.78 is 36.8. The number of nitrogens with zero attached hydrogens (tertiary/aromatic N) is 1. The van der Waals surface area contributed by atoms with E-state index in [1.165, 1.54) is 6.92 Å². The minimum atomic E-state index is -4.38. The van der Waals surface area contributed by atoms with Crippen molar-refractivity contribution in [1.29, 1.82) is 0 Å². The van der Waals surface area contributed by atoms with Gasteiger partial charge in [0.2, 0.25) is 0 Å². The van der Waals surface area contributed by atoms with Gasteiger partial charge in [-0.1, -0.05) is 6.92 Å². The van der Waals surface area contributed by atoms with E-state index in [2.05, 4.69) is 4.99 Å². The van der Waals surface area contributed by atoms with Gasteiger partial charge in [-0.05, 0) is 0 Å². The highest BCUT2D eigenvalue weighted by molar-refractivity contribution is 6.32. The SMILES string of the molecule is CC1C(C(F)(F)F)=CN=C(N)C1Cl. The van der Waals surface area contributed by atoms with Gasteiger partial charge in [0.25, 0.3) is 0 Å². The first-order chi connectivity index (χ1) is 5.84. The highest BCUT2D eigenvalue weighted by Gasteiger charge is 2.41. The Labute approximate surface area is 78.3 Å². The zero-order valence-corrected chi connectivity index (χ0v) is 7.52. The number of alkyl halides is 4. The molecule has 0 aromatic rings. The van der Waals surface area contributed by atoms with Crippen LogP contribution in [0.1, 0.15) is 6.92 Å². The Morgan fingerprint density at radius 2 is 2.08 bits per heavy atom. The molecule has 2 unspecified atom stereocenters. The summed E-state index contributed by atoms with van der Waals surface area (Å²) in [6, 6.07) is 0. The summed E-state index contributed by atoms with van der Waals surface area (Å²) in [7, 11) is 0. The Hall–Kier alpha value is -0.710. The van der Waals surface area contributed by atoms with E-state index in [9.17, 15) is 13.2 Å². The Bertz CT molecular complexity index is 269. The second-order valence-corrected chi connectivity index (χ2v) is 3.30. The minimum Gasteiger partial charge on any atom is -0.386 e. The van der Waals surface area contributed by atoms with Crippen LogP contribution in [0.3, 0.4) is 0 Å². The lowest BCUT2D eigenvalue weighted by molar-refractivity contribution is -0.0983. The number of hydrogen-bond donors (Lipinski definition) is 1. The van der Waals surface area contributed by atoms with Crippen LogP contribution in [0, 0.1) is 5.92 Å². The van der Waals surface area contributed by atoms with E-state index >= 15 is 0 Å². The van der Waals surface area contributed by atoms with Crippen molar-refractivity contribution in [3.05, 3.63) is 11.8 Å². The van der Waals surface area contributed by atoms with Gasteiger partial charge in [-0.3, -0.25) is 0 Å². The Balaban J connectivity index is 3.01. The highest BCUT2D eigenvalue weighted by Crippen LogP contribution is 2.36. The average Bonchev–Trinajstić information content (AvgIpc) is 1.98. The molecule has 1 aliphatic heterocycles. The fourth-order valence-electron chi connectivity index (χ4n) is 1.08. The van der Waals surface area contributed by atoms with E-state index in [0.29, 0.717) is 0 Å². The molecule has 2 atom stereocenters. The third-order valence-corrected chi connectivity index (χ3v) is 2.49. The molecular weight excluding hydrogens is 205 g/mol. The molecular formula is C7H8ClF3N2. The van der Waals surface area contributed by atoms with E-state index in [4.69, 9.17) is 17.3 Å². The maximum atomic E-state index is 12.3. The van der Waals surface area contributed by atoms with Gasteiger partial charge in [0.1, 0.15) is 5.84 Å². The smallest absolute Gasteiger partial charge is 0.386 e. The Morgan fingerprint density at radius 3 is 2.54 bits per heavy atom. The van der Waals surface area contributed by atoms with Crippen LogP contribution in [0.25, 0.3) is 0 Å². The first kappa shape index (κ1) is 10.4. The van der Waals surface area contributed by atoms with Gasteiger partial charge in [-0.2, -0.15) is 13.2 Å². The van der Waals surface area contributed by atoms with Crippen molar-refractivity contribution < 1.29 is 13.2 Å². The van der Waals surface area contributed by atoms with Crippen LogP contribution in [0.2, 0.25) is 0 Å². The number of hydrogen-bond acceptors (Lipinski definition) is 2. The second kappa shape index (κ2) is 3.21. The Morgan fingerprint density at radius 1 is 1.54 bits per heavy atom. The summed E-state index contributed by atoms with van der Waals surface area (Å²) in [4.78, 5) is 3.39. The number of aliphatic imine (C=N–C) groups is 1. The third-order valence-electron chi connectivity index (χ3n) is 1.89. The van der Waals surface area contributed by atoms with Crippen LogP contribution in [0.4, 0.5) is 13.2 Å². The third kappa shape index (κ3) is 1.96. The van der Waals surface area contributed by atoms with Crippen molar-refractivity contribution in [2.24, 2.45) is 16.6 Å². The molecule has 2 nitrogen and oxygen atoms in total. The normalized spacial score (nSPS) is 29.6. The highest BCUT2D eigenvalue weighted by atomic mass is 35.5. The fourth-order valence-corrected chi connectivity index (χ4v) is 1.27. The molecule has 13 heavy (non-hydrogen) atoms. The molecule has 0 aromatic carbocycles. The summed E-state index contributed by atoms with van der Waals surface area (Å²) in [5.41, 5.74) is 4.55. The molecule has 6 heteroatoms. The van der Waals surface area contributed by atoms with Crippen LogP contribution in [0.15, 0.2) is 16.8 Å². The first-order valence-corrected chi connectivity index (χ1v) is 4.02. The number of nitrogens with two attached hydrogens (primary N) is 1. The molecule has 1 rings (SSSR count). The lowest BCUT2D eigenvalue weighted by Crippen LogP contribution is -2.36. The molecule has 1 aliphatic rings. The predicted molar refractivity (Wildman–Crippen MR) is 44.6 cm³/mol. The van der Waals surface area contributed by atoms with Crippen LogP contribution in [0.5, 0.6) is 0 Å². The molecule has 1 heterocycles. The van der Waals surface area contributed by atoms with Crippen LogP contribution in [-0.2, 0) is 0 Å². The predicted octanol–water partition coefficient (Wildman–Crippen LogP) is 2.05. The number of allylic oxidation sites excluding steroid dienone is 1. The maximum Gasteiger partial charge on any atom is 0.414 e. The summed E-state index contributed by atoms with van der Waals surface area (Å²) in [6.45, 7) is 1.37. The van der Waals surface area contributed by atoms with Crippen LogP contribution in [-0.4, -0.2) is 17.4 Å². The molecule has 0 radical (unpaired) electrons. The molecule has 0 spiro atoms. The monoisotopic (exact) mass is 212 g/mol. The maximum absolute atomic E-state index is 12.3. The first-order valence-electron chi connectivity index (χ1n) is 3.58. The largest absolute Gasteiger partial charge is 0.414 e. The number of rotatable bonds is 0. The molecule has 0 amide bonds. The van der Waals surface area contributed by atoms with Crippen molar-refractivity contribution in [2.45, 2.75) is 18.5 Å². The lowest BCUT2D eigenvalue weighted by atomic mass is 9.95. The van der Waals surface area contributed by atoms with Gasteiger partial charge in [0, 0.05) is 12.1 Å². The van der Waals surface area contributed by atoms with E-state index in [0.717, 1.165) is 6.20 Å². The topological polar surface area (TPSA) is 38.4 Å². The van der Waals surface area contributed by atoms with Crippen molar-refractivity contribution in [3.63, 3.8) is 0 Å². The van der Waals surface area contributed by atoms with E-state index < -0.39 is 23.0 Å². The van der Waals surface area contributed by atoms with Crippen molar-refractivity contribution in [2.75, 3.05) is 0 Å². The van der Waals surface area contributed by atoms with Gasteiger partial charge in [0.15, 0.2) is 0 Å². The van der Waals surface area contributed by atoms with Gasteiger partial charge >= 0.3 is 6.18 Å². The molecule has 74 valence electrons. The van der Waals surface area contributed by atoms with E-state index in [1.807, 2.05) is 0 Å². The fraction of sp³-hybridized carbons (Fsp3) is 0.571. The number of amidine groups is 1. The summed E-state index contributed by atoms with van der Waals surface area (Å²) in [5, 5.41) is -0.873. The second-order valence-electron chi connectivity index (χ2n) is 2.83. The van der Waals surface area contributed by atoms with Gasteiger partial charge in [-0.25, -0.2) is 4.99 Å². The summed E-state index contributed by atoms with van der Waals surface area (Å²) in [6.07, 6.45) is -3.64. The molecule has 0 bridgehead atoms. The molecule has 0 aromatic heterocycles.